The van der Waals surface area contributed by atoms with E-state index in [0.717, 1.165) is 6.42 Å². The molecule has 2 aromatic rings. The molecule has 0 saturated carbocycles. The van der Waals surface area contributed by atoms with Gasteiger partial charge in [-0.15, -0.1) is 0 Å². The van der Waals surface area contributed by atoms with Crippen molar-refractivity contribution in [1.82, 2.24) is 9.88 Å². The molecule has 1 saturated heterocycles. The number of aromatic nitrogens is 1. The summed E-state index contributed by atoms with van der Waals surface area (Å²) in [5, 5.41) is 0.480. The maximum absolute atomic E-state index is 12.8. The van der Waals surface area contributed by atoms with Gasteiger partial charge in [0.2, 0.25) is 5.43 Å². The number of pyridine rings is 1. The van der Waals surface area contributed by atoms with E-state index in [1.165, 1.54) is 6.20 Å². The lowest BCUT2D eigenvalue weighted by Gasteiger charge is -2.40. The fourth-order valence-electron chi connectivity index (χ4n) is 2.98. The molecule has 6 nitrogen and oxygen atoms in total. The number of aromatic amines is 1. The van der Waals surface area contributed by atoms with Gasteiger partial charge in [-0.3, -0.25) is 9.59 Å². The van der Waals surface area contributed by atoms with Crippen LogP contribution in [0.25, 0.3) is 10.9 Å². The molecule has 1 unspecified atom stereocenters. The van der Waals surface area contributed by atoms with Crippen LogP contribution in [0.5, 0.6) is 5.75 Å². The highest BCUT2D eigenvalue weighted by atomic mass is 16.5. The molecule has 1 aromatic carbocycles. The molecule has 0 radical (unpaired) electrons. The highest BCUT2D eigenvalue weighted by molar-refractivity contribution is 5.97. The monoisotopic (exact) mass is 330 g/mol. The van der Waals surface area contributed by atoms with E-state index < -0.39 is 0 Å². The van der Waals surface area contributed by atoms with E-state index in [1.54, 1.807) is 30.2 Å². The highest BCUT2D eigenvalue weighted by Crippen LogP contribution is 2.22. The topological polar surface area (TPSA) is 71.6 Å². The van der Waals surface area contributed by atoms with Crippen LogP contribution in [0.3, 0.4) is 0 Å². The number of amides is 1. The highest BCUT2D eigenvalue weighted by Gasteiger charge is 2.33. The second-order valence-electron chi connectivity index (χ2n) is 6.32. The Balaban J connectivity index is 1.95. The quantitative estimate of drug-likeness (QED) is 0.936. The number of carbonyl (C=O) groups is 1. The largest absolute Gasteiger partial charge is 0.497 e. The molecule has 1 fully saturated rings. The van der Waals surface area contributed by atoms with Crippen LogP contribution in [0.2, 0.25) is 0 Å². The molecule has 0 aliphatic carbocycles. The van der Waals surface area contributed by atoms with Crippen LogP contribution in [0.4, 0.5) is 0 Å². The lowest BCUT2D eigenvalue weighted by molar-refractivity contribution is -0.0897. The number of hydrogen-bond donors (Lipinski definition) is 1. The average Bonchev–Trinajstić information content (AvgIpc) is 2.61. The summed E-state index contributed by atoms with van der Waals surface area (Å²) in [5.74, 6) is 0.404. The Bertz CT molecular complexity index is 829. The molecular weight excluding hydrogens is 308 g/mol. The second-order valence-corrected chi connectivity index (χ2v) is 6.32. The first-order valence-corrected chi connectivity index (χ1v) is 8.10. The van der Waals surface area contributed by atoms with Crippen molar-refractivity contribution < 1.29 is 14.3 Å². The molecule has 3 rings (SSSR count). The summed E-state index contributed by atoms with van der Waals surface area (Å²) in [6.45, 7) is 5.49. The molecule has 1 N–H and O–H groups in total. The zero-order chi connectivity index (χ0) is 17.3. The molecule has 2 heterocycles. The van der Waals surface area contributed by atoms with E-state index >= 15 is 0 Å². The molecule has 1 amide bonds. The van der Waals surface area contributed by atoms with Crippen molar-refractivity contribution in [2.24, 2.45) is 0 Å². The average molecular weight is 330 g/mol. The van der Waals surface area contributed by atoms with E-state index in [2.05, 4.69) is 4.98 Å². The van der Waals surface area contributed by atoms with Crippen LogP contribution in [0.15, 0.2) is 29.2 Å². The van der Waals surface area contributed by atoms with Crippen molar-refractivity contribution in [3.05, 3.63) is 40.2 Å². The Morgan fingerprint density at radius 1 is 1.46 bits per heavy atom. The van der Waals surface area contributed by atoms with Crippen molar-refractivity contribution in [2.45, 2.75) is 25.9 Å². The van der Waals surface area contributed by atoms with Gasteiger partial charge in [0.1, 0.15) is 11.3 Å². The summed E-state index contributed by atoms with van der Waals surface area (Å²) < 4.78 is 10.9. The smallest absolute Gasteiger partial charge is 0.259 e. The minimum Gasteiger partial charge on any atom is -0.497 e. The van der Waals surface area contributed by atoms with Crippen molar-refractivity contribution >= 4 is 16.8 Å². The number of H-pyrrole nitrogens is 1. The van der Waals surface area contributed by atoms with Gasteiger partial charge in [-0.05, 0) is 25.5 Å². The van der Waals surface area contributed by atoms with E-state index in [9.17, 15) is 9.59 Å². The van der Waals surface area contributed by atoms with Crippen molar-refractivity contribution in [1.29, 1.82) is 0 Å². The number of nitrogens with one attached hydrogen (secondary N) is 1. The fraction of sp³-hybridized carbons (Fsp3) is 0.444. The molecule has 1 aliphatic rings. The zero-order valence-electron chi connectivity index (χ0n) is 14.2. The number of benzene rings is 1. The third-order valence-electron chi connectivity index (χ3n) is 4.69. The van der Waals surface area contributed by atoms with E-state index in [4.69, 9.17) is 9.47 Å². The van der Waals surface area contributed by atoms with Crippen LogP contribution in [-0.2, 0) is 4.74 Å². The zero-order valence-corrected chi connectivity index (χ0v) is 14.2. The van der Waals surface area contributed by atoms with Gasteiger partial charge in [-0.25, -0.2) is 0 Å². The first-order valence-electron chi connectivity index (χ1n) is 8.10. The molecule has 6 heteroatoms. The molecule has 0 bridgehead atoms. The van der Waals surface area contributed by atoms with Gasteiger partial charge in [0.25, 0.3) is 5.91 Å². The molecule has 1 aromatic heterocycles. The second kappa shape index (κ2) is 6.28. The molecular formula is C18H22N2O4. The van der Waals surface area contributed by atoms with Crippen LogP contribution < -0.4 is 10.2 Å². The van der Waals surface area contributed by atoms with Crippen molar-refractivity contribution in [3.8, 4) is 5.75 Å². The maximum Gasteiger partial charge on any atom is 0.259 e. The minimum absolute atomic E-state index is 0.160. The first kappa shape index (κ1) is 16.5. The van der Waals surface area contributed by atoms with E-state index in [-0.39, 0.29) is 22.5 Å². The maximum atomic E-state index is 12.8. The molecule has 1 atom stereocenters. The Morgan fingerprint density at radius 2 is 2.25 bits per heavy atom. The first-order chi connectivity index (χ1) is 11.5. The molecule has 24 heavy (non-hydrogen) atoms. The number of hydrogen-bond acceptors (Lipinski definition) is 4. The number of carbonyl (C=O) groups excluding carboxylic acids is 1. The predicted molar refractivity (Wildman–Crippen MR) is 91.7 cm³/mol. The summed E-state index contributed by atoms with van der Waals surface area (Å²) in [4.78, 5) is 30.3. The number of rotatable bonds is 3. The number of methoxy groups -OCH3 is 1. The Kier molecular flexibility index (Phi) is 4.32. The van der Waals surface area contributed by atoms with Crippen LogP contribution in [-0.4, -0.2) is 48.2 Å². The van der Waals surface area contributed by atoms with Gasteiger partial charge in [-0.1, -0.05) is 6.92 Å². The molecule has 0 spiro atoms. The Hall–Kier alpha value is -2.34. The summed E-state index contributed by atoms with van der Waals surface area (Å²) in [7, 11) is 1.57. The SMILES string of the molecule is CCC1(C)CN(C(=O)c2c[nH]c3cc(OC)ccc3c2=O)CCO1. The molecule has 1 aliphatic heterocycles. The minimum atomic E-state index is -0.356. The van der Waals surface area contributed by atoms with Gasteiger partial charge >= 0.3 is 0 Å². The Morgan fingerprint density at radius 3 is 2.96 bits per heavy atom. The lowest BCUT2D eigenvalue weighted by atomic mass is 10.0. The number of morpholine rings is 1. The summed E-state index contributed by atoms with van der Waals surface area (Å²) >= 11 is 0. The Labute approximate surface area is 140 Å². The van der Waals surface area contributed by atoms with E-state index in [0.29, 0.717) is 36.3 Å². The normalized spacial score (nSPS) is 21.0. The summed E-state index contributed by atoms with van der Waals surface area (Å²) in [5.41, 5.74) is 0.190. The number of fused-ring (bicyclic) bond motifs is 1. The number of ether oxygens (including phenoxy) is 2. The lowest BCUT2D eigenvalue weighted by Crippen LogP contribution is -2.52. The van der Waals surface area contributed by atoms with Crippen LogP contribution in [0, 0.1) is 0 Å². The summed E-state index contributed by atoms with van der Waals surface area (Å²) in [6, 6.07) is 5.14. The predicted octanol–water partition coefficient (Wildman–Crippen LogP) is 2.18. The third kappa shape index (κ3) is 2.89. The van der Waals surface area contributed by atoms with Gasteiger partial charge < -0.3 is 19.4 Å². The summed E-state index contributed by atoms with van der Waals surface area (Å²) in [6.07, 6.45) is 2.30. The van der Waals surface area contributed by atoms with Gasteiger partial charge in [0.05, 0.1) is 24.8 Å². The van der Waals surface area contributed by atoms with Crippen LogP contribution >= 0.6 is 0 Å². The van der Waals surface area contributed by atoms with Crippen molar-refractivity contribution in [3.63, 3.8) is 0 Å². The third-order valence-corrected chi connectivity index (χ3v) is 4.69. The fourth-order valence-corrected chi connectivity index (χ4v) is 2.98. The van der Waals surface area contributed by atoms with Gasteiger partial charge in [-0.2, -0.15) is 0 Å². The van der Waals surface area contributed by atoms with Crippen LogP contribution in [0.1, 0.15) is 30.6 Å². The van der Waals surface area contributed by atoms with Gasteiger partial charge in [0, 0.05) is 30.7 Å². The van der Waals surface area contributed by atoms with E-state index in [1.807, 2.05) is 13.8 Å². The van der Waals surface area contributed by atoms with Gasteiger partial charge in [0.15, 0.2) is 0 Å². The standard InChI is InChI=1S/C18H22N2O4/c1-4-18(2)11-20(7-8-24-18)17(22)14-10-19-15-9-12(23-3)5-6-13(15)16(14)21/h5-6,9-10H,4,7-8,11H2,1-3H3,(H,19,21). The number of nitrogens with zero attached hydrogens (tertiary/aromatic N) is 1. The molecule has 128 valence electrons. The van der Waals surface area contributed by atoms with Crippen molar-refractivity contribution in [2.75, 3.05) is 26.8 Å².